The van der Waals surface area contributed by atoms with E-state index in [2.05, 4.69) is 81.3 Å². The molecule has 0 atom stereocenters. The number of aryl methyl sites for hydroxylation is 2. The summed E-state index contributed by atoms with van der Waals surface area (Å²) in [6.45, 7) is 8.82. The SMILES string of the molecule is Cc1c(-c2c3cc4ccccc4c(C#N)c3c(C#N)n[n+]2C)cc(C(C)(C)C)c2ccccc12. The minimum atomic E-state index is -0.0685. The maximum atomic E-state index is 10.1. The van der Waals surface area contributed by atoms with Crippen LogP contribution in [0.4, 0.5) is 0 Å². The molecule has 5 aromatic rings. The molecule has 34 heavy (non-hydrogen) atoms. The van der Waals surface area contributed by atoms with Crippen LogP contribution in [0.25, 0.3) is 43.6 Å². The third kappa shape index (κ3) is 3.11. The number of aromatic nitrogens is 2. The van der Waals surface area contributed by atoms with Crippen molar-refractivity contribution in [3.05, 3.63) is 83.0 Å². The van der Waals surface area contributed by atoms with Gasteiger partial charge in [0.15, 0.2) is 7.05 Å². The van der Waals surface area contributed by atoms with Gasteiger partial charge in [0.1, 0.15) is 12.1 Å². The second-order valence-electron chi connectivity index (χ2n) is 9.83. The number of benzene rings is 4. The minimum absolute atomic E-state index is 0.0685. The summed E-state index contributed by atoms with van der Waals surface area (Å²) in [5.41, 5.74) is 5.06. The Morgan fingerprint density at radius 3 is 2.12 bits per heavy atom. The van der Waals surface area contributed by atoms with Gasteiger partial charge in [-0.15, -0.1) is 0 Å². The van der Waals surface area contributed by atoms with E-state index < -0.39 is 0 Å². The van der Waals surface area contributed by atoms with Crippen LogP contribution in [-0.2, 0) is 12.5 Å². The van der Waals surface area contributed by atoms with Crippen LogP contribution >= 0.6 is 0 Å². The van der Waals surface area contributed by atoms with E-state index in [9.17, 15) is 10.5 Å². The molecule has 0 aliphatic heterocycles. The lowest BCUT2D eigenvalue weighted by molar-refractivity contribution is -0.719. The summed E-state index contributed by atoms with van der Waals surface area (Å²) >= 11 is 0. The van der Waals surface area contributed by atoms with E-state index in [1.165, 1.54) is 16.3 Å². The normalized spacial score (nSPS) is 11.6. The van der Waals surface area contributed by atoms with Crippen LogP contribution in [0.3, 0.4) is 0 Å². The summed E-state index contributed by atoms with van der Waals surface area (Å²) in [6, 6.07) is 25.3. The molecule has 0 aliphatic carbocycles. The van der Waals surface area contributed by atoms with Gasteiger partial charge in [-0.1, -0.05) is 74.0 Å². The molecule has 0 amide bonds. The zero-order valence-electron chi connectivity index (χ0n) is 20.1. The van der Waals surface area contributed by atoms with Crippen LogP contribution in [0, 0.1) is 29.6 Å². The Labute approximate surface area is 199 Å². The molecule has 4 heteroatoms. The average molecular weight is 442 g/mol. The van der Waals surface area contributed by atoms with Gasteiger partial charge in [-0.25, -0.2) is 0 Å². The van der Waals surface area contributed by atoms with Crippen molar-refractivity contribution >= 4 is 32.3 Å². The fraction of sp³-hybridized carbons (Fsp3) is 0.200. The quantitative estimate of drug-likeness (QED) is 0.224. The average Bonchev–Trinajstić information content (AvgIpc) is 2.82. The highest BCUT2D eigenvalue weighted by Gasteiger charge is 2.28. The van der Waals surface area contributed by atoms with Gasteiger partial charge in [0.05, 0.1) is 16.5 Å². The Bertz CT molecular complexity index is 1720. The highest BCUT2D eigenvalue weighted by Crippen LogP contribution is 2.40. The van der Waals surface area contributed by atoms with Crippen LogP contribution in [0.1, 0.15) is 43.2 Å². The van der Waals surface area contributed by atoms with Gasteiger partial charge in [0.25, 0.3) is 0 Å². The summed E-state index contributed by atoms with van der Waals surface area (Å²) in [7, 11) is 1.88. The van der Waals surface area contributed by atoms with Crippen molar-refractivity contribution in [1.82, 2.24) is 5.10 Å². The lowest BCUT2D eigenvalue weighted by atomic mass is 9.80. The van der Waals surface area contributed by atoms with E-state index in [4.69, 9.17) is 0 Å². The molecule has 1 aromatic heterocycles. The lowest BCUT2D eigenvalue weighted by Crippen LogP contribution is -2.37. The molecule has 164 valence electrons. The maximum absolute atomic E-state index is 10.1. The molecule has 1 heterocycles. The molecule has 0 aliphatic rings. The molecular formula is C30H25N4+. The van der Waals surface area contributed by atoms with Gasteiger partial charge < -0.3 is 0 Å². The van der Waals surface area contributed by atoms with Gasteiger partial charge >= 0.3 is 0 Å². The third-order valence-electron chi connectivity index (χ3n) is 6.71. The first-order valence-electron chi connectivity index (χ1n) is 11.4. The molecule has 0 unspecified atom stereocenters. The van der Waals surface area contributed by atoms with Crippen molar-refractivity contribution in [2.24, 2.45) is 7.05 Å². The number of nitrogens with zero attached hydrogens (tertiary/aromatic N) is 4. The molecule has 4 nitrogen and oxygen atoms in total. The molecule has 0 bridgehead atoms. The monoisotopic (exact) mass is 441 g/mol. The Hall–Kier alpha value is -4.28. The summed E-state index contributed by atoms with van der Waals surface area (Å²) in [4.78, 5) is 0. The number of rotatable bonds is 1. The van der Waals surface area contributed by atoms with Crippen molar-refractivity contribution in [2.45, 2.75) is 33.1 Å². The van der Waals surface area contributed by atoms with Crippen molar-refractivity contribution in [1.29, 1.82) is 10.5 Å². The van der Waals surface area contributed by atoms with E-state index in [1.54, 1.807) is 4.68 Å². The Morgan fingerprint density at radius 1 is 0.824 bits per heavy atom. The molecular weight excluding hydrogens is 416 g/mol. The minimum Gasteiger partial charge on any atom is -0.192 e. The fourth-order valence-electron chi connectivity index (χ4n) is 5.11. The Morgan fingerprint density at radius 2 is 1.47 bits per heavy atom. The number of fused-ring (bicyclic) bond motifs is 3. The molecule has 0 fully saturated rings. The largest absolute Gasteiger partial charge is 0.247 e. The highest BCUT2D eigenvalue weighted by atomic mass is 15.3. The van der Waals surface area contributed by atoms with E-state index in [0.717, 1.165) is 33.0 Å². The second kappa shape index (κ2) is 7.65. The molecule has 0 saturated heterocycles. The fourth-order valence-corrected chi connectivity index (χ4v) is 5.11. The number of hydrogen-bond donors (Lipinski definition) is 0. The molecule has 0 radical (unpaired) electrons. The zero-order valence-corrected chi connectivity index (χ0v) is 20.1. The Kier molecular flexibility index (Phi) is 4.85. The summed E-state index contributed by atoms with van der Waals surface area (Å²) < 4.78 is 1.79. The van der Waals surface area contributed by atoms with Gasteiger partial charge in [-0.3, -0.25) is 0 Å². The first kappa shape index (κ1) is 21.6. The topological polar surface area (TPSA) is 64.3 Å². The molecule has 0 N–H and O–H groups in total. The summed E-state index contributed by atoms with van der Waals surface area (Å²) in [6.07, 6.45) is 0. The van der Waals surface area contributed by atoms with Crippen LogP contribution < -0.4 is 4.68 Å². The van der Waals surface area contributed by atoms with E-state index >= 15 is 0 Å². The van der Waals surface area contributed by atoms with E-state index in [-0.39, 0.29) is 11.1 Å². The molecule has 4 aromatic carbocycles. The number of hydrogen-bond acceptors (Lipinski definition) is 3. The first-order valence-corrected chi connectivity index (χ1v) is 11.4. The predicted octanol–water partition coefficient (Wildman–Crippen LogP) is 6.38. The van der Waals surface area contributed by atoms with Gasteiger partial charge in [-0.2, -0.15) is 10.5 Å². The zero-order chi connectivity index (χ0) is 24.2. The van der Waals surface area contributed by atoms with Gasteiger partial charge in [0, 0.05) is 15.9 Å². The van der Waals surface area contributed by atoms with Crippen molar-refractivity contribution in [2.75, 3.05) is 0 Å². The van der Waals surface area contributed by atoms with Crippen molar-refractivity contribution in [3.63, 3.8) is 0 Å². The third-order valence-corrected chi connectivity index (χ3v) is 6.71. The standard InChI is InChI=1S/C30H25N4/c1-18-20-11-8-9-13-22(20)26(30(2,3)4)15-23(18)29-24-14-19-10-6-7-12-21(19)25(16-31)28(24)27(17-32)33-34(29)5/h6-15H,1-5H3/q+1. The van der Waals surface area contributed by atoms with Crippen LogP contribution in [0.2, 0.25) is 0 Å². The molecule has 0 saturated carbocycles. The first-order chi connectivity index (χ1) is 16.3. The number of nitriles is 2. The van der Waals surface area contributed by atoms with E-state index in [1.807, 2.05) is 31.3 Å². The van der Waals surface area contributed by atoms with Crippen molar-refractivity contribution < 1.29 is 4.68 Å². The Balaban J connectivity index is 2.04. The highest BCUT2D eigenvalue weighted by molar-refractivity contribution is 6.10. The van der Waals surface area contributed by atoms with Crippen LogP contribution in [0.5, 0.6) is 0 Å². The maximum Gasteiger partial charge on any atom is 0.247 e. The summed E-state index contributed by atoms with van der Waals surface area (Å²) in [5.74, 6) is 0. The van der Waals surface area contributed by atoms with Gasteiger partial charge in [0.2, 0.25) is 11.4 Å². The predicted molar refractivity (Wildman–Crippen MR) is 136 cm³/mol. The summed E-state index contributed by atoms with van der Waals surface area (Å²) in [5, 5.41) is 30.4. The van der Waals surface area contributed by atoms with Crippen LogP contribution in [0.15, 0.2) is 60.7 Å². The van der Waals surface area contributed by atoms with Gasteiger partial charge in [-0.05, 0) is 51.8 Å². The molecule has 0 spiro atoms. The van der Waals surface area contributed by atoms with Crippen LogP contribution in [-0.4, -0.2) is 5.10 Å². The molecule has 5 rings (SSSR count). The van der Waals surface area contributed by atoms with E-state index in [0.29, 0.717) is 10.9 Å². The second-order valence-corrected chi connectivity index (χ2v) is 9.83. The smallest absolute Gasteiger partial charge is 0.192 e. The van der Waals surface area contributed by atoms with Crippen molar-refractivity contribution in [3.8, 4) is 23.4 Å². The lowest BCUT2D eigenvalue weighted by Gasteiger charge is -2.24.